The number of rotatable bonds is 4. The Morgan fingerprint density at radius 3 is 2.10 bits per heavy atom. The molecule has 2 heterocycles. The molecule has 7 heteroatoms. The molecular weight excluding hydrogens is 442 g/mol. The van der Waals surface area contributed by atoms with Crippen molar-refractivity contribution in [1.29, 1.82) is 0 Å². The minimum Gasteiger partial charge on any atom is -0.370 e. The van der Waals surface area contributed by atoms with Gasteiger partial charge in [0.1, 0.15) is 0 Å². The fourth-order valence-corrected chi connectivity index (χ4v) is 4.44. The van der Waals surface area contributed by atoms with Gasteiger partial charge in [0.05, 0.1) is 0 Å². The van der Waals surface area contributed by atoms with E-state index >= 15 is 0 Å². The molecular formula is C23H30BrN5O. The predicted molar refractivity (Wildman–Crippen MR) is 128 cm³/mol. The number of carbonyl (C=O) groups is 1. The number of urea groups is 1. The van der Waals surface area contributed by atoms with Crippen molar-refractivity contribution in [2.45, 2.75) is 12.5 Å². The summed E-state index contributed by atoms with van der Waals surface area (Å²) < 4.78 is 1.08. The third-order valence-electron chi connectivity index (χ3n) is 6.14. The van der Waals surface area contributed by atoms with E-state index in [1.165, 1.54) is 17.8 Å². The summed E-state index contributed by atoms with van der Waals surface area (Å²) in [5.74, 6) is 0. The maximum absolute atomic E-state index is 12.7. The topological polar surface area (TPSA) is 42.1 Å². The molecule has 1 unspecified atom stereocenters. The number of nitrogens with zero attached hydrogens (tertiary/aromatic N) is 4. The van der Waals surface area contributed by atoms with E-state index in [1.54, 1.807) is 0 Å². The van der Waals surface area contributed by atoms with E-state index in [1.807, 2.05) is 17.0 Å². The van der Waals surface area contributed by atoms with Gasteiger partial charge in [-0.2, -0.15) is 0 Å². The molecule has 2 aromatic rings. The van der Waals surface area contributed by atoms with Gasteiger partial charge in [0.15, 0.2) is 0 Å². The van der Waals surface area contributed by atoms with Crippen molar-refractivity contribution in [1.82, 2.24) is 9.80 Å². The van der Waals surface area contributed by atoms with Crippen LogP contribution in [-0.4, -0.2) is 75.2 Å². The van der Waals surface area contributed by atoms with Crippen LogP contribution in [0.25, 0.3) is 0 Å². The van der Waals surface area contributed by atoms with Gasteiger partial charge in [0.25, 0.3) is 0 Å². The first-order valence-corrected chi connectivity index (χ1v) is 11.4. The second kappa shape index (κ2) is 9.27. The summed E-state index contributed by atoms with van der Waals surface area (Å²) in [6, 6.07) is 17.2. The Morgan fingerprint density at radius 1 is 0.900 bits per heavy atom. The number of likely N-dealkylation sites (N-methyl/N-ethyl adjacent to an activating group) is 1. The van der Waals surface area contributed by atoms with Crippen molar-refractivity contribution in [3.05, 3.63) is 53.0 Å². The lowest BCUT2D eigenvalue weighted by Crippen LogP contribution is -2.50. The van der Waals surface area contributed by atoms with Crippen LogP contribution < -0.4 is 15.1 Å². The zero-order chi connectivity index (χ0) is 21.1. The van der Waals surface area contributed by atoms with Gasteiger partial charge in [0, 0.05) is 66.8 Å². The lowest BCUT2D eigenvalue weighted by molar-refractivity contribution is 0.208. The van der Waals surface area contributed by atoms with Crippen LogP contribution in [0, 0.1) is 0 Å². The van der Waals surface area contributed by atoms with Crippen LogP contribution >= 0.6 is 15.9 Å². The Bertz CT molecular complexity index is 847. The van der Waals surface area contributed by atoms with Crippen LogP contribution in [0.4, 0.5) is 21.9 Å². The lowest BCUT2D eigenvalue weighted by atomic mass is 10.2. The fraction of sp³-hybridized carbons (Fsp3) is 0.435. The maximum atomic E-state index is 12.7. The van der Waals surface area contributed by atoms with E-state index in [-0.39, 0.29) is 6.03 Å². The molecule has 6 nitrogen and oxygen atoms in total. The van der Waals surface area contributed by atoms with Crippen molar-refractivity contribution < 1.29 is 4.79 Å². The van der Waals surface area contributed by atoms with Crippen LogP contribution in [-0.2, 0) is 0 Å². The van der Waals surface area contributed by atoms with Crippen molar-refractivity contribution in [2.24, 2.45) is 0 Å². The van der Waals surface area contributed by atoms with E-state index in [9.17, 15) is 4.79 Å². The van der Waals surface area contributed by atoms with Crippen molar-refractivity contribution in [3.8, 4) is 0 Å². The number of nitrogens with one attached hydrogen (secondary N) is 1. The molecule has 160 valence electrons. The Hall–Kier alpha value is -2.25. The van der Waals surface area contributed by atoms with E-state index in [2.05, 4.69) is 86.4 Å². The minimum atomic E-state index is -0.0212. The van der Waals surface area contributed by atoms with Crippen LogP contribution in [0.15, 0.2) is 53.0 Å². The molecule has 2 amide bonds. The first-order chi connectivity index (χ1) is 14.5. The number of benzene rings is 2. The van der Waals surface area contributed by atoms with E-state index in [0.717, 1.165) is 49.4 Å². The molecule has 30 heavy (non-hydrogen) atoms. The predicted octanol–water partition coefficient (Wildman–Crippen LogP) is 3.94. The number of hydrogen-bond donors (Lipinski definition) is 1. The molecule has 0 saturated carbocycles. The molecule has 1 N–H and O–H groups in total. The highest BCUT2D eigenvalue weighted by Gasteiger charge is 2.24. The quantitative estimate of drug-likeness (QED) is 0.732. The van der Waals surface area contributed by atoms with Gasteiger partial charge in [-0.05, 0) is 69.0 Å². The summed E-state index contributed by atoms with van der Waals surface area (Å²) in [5, 5.41) is 3.05. The molecule has 0 bridgehead atoms. The number of anilines is 3. The average Bonchev–Trinajstić information content (AvgIpc) is 3.26. The Balaban J connectivity index is 1.28. The zero-order valence-electron chi connectivity index (χ0n) is 17.7. The molecule has 2 aromatic carbocycles. The van der Waals surface area contributed by atoms with E-state index < -0.39 is 0 Å². The minimum absolute atomic E-state index is 0.0212. The monoisotopic (exact) mass is 471 g/mol. The van der Waals surface area contributed by atoms with Crippen molar-refractivity contribution >= 4 is 39.0 Å². The summed E-state index contributed by atoms with van der Waals surface area (Å²) in [6.07, 6.45) is 1.19. The zero-order valence-corrected chi connectivity index (χ0v) is 19.3. The van der Waals surface area contributed by atoms with E-state index in [4.69, 9.17) is 0 Å². The number of amides is 2. The van der Waals surface area contributed by atoms with Crippen LogP contribution in [0.2, 0.25) is 0 Å². The Morgan fingerprint density at radius 2 is 1.50 bits per heavy atom. The molecule has 2 aliphatic heterocycles. The van der Waals surface area contributed by atoms with Gasteiger partial charge in [0.2, 0.25) is 0 Å². The molecule has 0 aliphatic carbocycles. The number of halogens is 1. The summed E-state index contributed by atoms with van der Waals surface area (Å²) in [5.41, 5.74) is 3.27. The van der Waals surface area contributed by atoms with Gasteiger partial charge in [-0.15, -0.1) is 0 Å². The smallest absolute Gasteiger partial charge is 0.321 e. The molecule has 4 rings (SSSR count). The normalized spacial score (nSPS) is 19.5. The highest BCUT2D eigenvalue weighted by molar-refractivity contribution is 9.10. The molecule has 0 spiro atoms. The van der Waals surface area contributed by atoms with Gasteiger partial charge in [-0.1, -0.05) is 15.9 Å². The standard InChI is InChI=1S/C23H30BrN5O/c1-26(2)22-11-12-29(17-22)21-9-5-19(6-10-21)25-23(30)28-15-13-27(14-16-28)20-7-3-18(24)4-8-20/h3-10,22H,11-17H2,1-2H3,(H,25,30). The summed E-state index contributed by atoms with van der Waals surface area (Å²) in [6.45, 7) is 5.27. The lowest BCUT2D eigenvalue weighted by Gasteiger charge is -2.36. The van der Waals surface area contributed by atoms with Gasteiger partial charge >= 0.3 is 6.03 Å². The Labute approximate surface area is 187 Å². The Kier molecular flexibility index (Phi) is 6.49. The molecule has 0 aromatic heterocycles. The maximum Gasteiger partial charge on any atom is 0.321 e. The SMILES string of the molecule is CN(C)C1CCN(c2ccc(NC(=O)N3CCN(c4ccc(Br)cc4)CC3)cc2)C1. The summed E-state index contributed by atoms with van der Waals surface area (Å²) >= 11 is 3.48. The van der Waals surface area contributed by atoms with E-state index in [0.29, 0.717) is 6.04 Å². The van der Waals surface area contributed by atoms with Crippen molar-refractivity contribution in [2.75, 3.05) is 68.5 Å². The number of carbonyl (C=O) groups excluding carboxylic acids is 1. The van der Waals surface area contributed by atoms with Crippen LogP contribution in [0.5, 0.6) is 0 Å². The largest absolute Gasteiger partial charge is 0.370 e. The summed E-state index contributed by atoms with van der Waals surface area (Å²) in [7, 11) is 4.29. The molecule has 2 fully saturated rings. The third kappa shape index (κ3) is 4.90. The van der Waals surface area contributed by atoms with Crippen molar-refractivity contribution in [3.63, 3.8) is 0 Å². The first-order valence-electron chi connectivity index (χ1n) is 10.6. The fourth-order valence-electron chi connectivity index (χ4n) is 4.18. The first kappa shape index (κ1) is 21.0. The van der Waals surface area contributed by atoms with Gasteiger partial charge < -0.3 is 24.9 Å². The molecule has 2 saturated heterocycles. The number of hydrogen-bond acceptors (Lipinski definition) is 4. The molecule has 2 aliphatic rings. The molecule has 1 atom stereocenters. The van der Waals surface area contributed by atoms with Crippen LogP contribution in [0.3, 0.4) is 0 Å². The average molecular weight is 472 g/mol. The third-order valence-corrected chi connectivity index (χ3v) is 6.66. The highest BCUT2D eigenvalue weighted by atomic mass is 79.9. The van der Waals surface area contributed by atoms with Gasteiger partial charge in [-0.25, -0.2) is 4.79 Å². The second-order valence-electron chi connectivity index (χ2n) is 8.28. The molecule has 0 radical (unpaired) electrons. The highest BCUT2D eigenvalue weighted by Crippen LogP contribution is 2.24. The van der Waals surface area contributed by atoms with Crippen LogP contribution in [0.1, 0.15) is 6.42 Å². The number of piperazine rings is 1. The summed E-state index contributed by atoms with van der Waals surface area (Å²) in [4.78, 5) is 21.6. The second-order valence-corrected chi connectivity index (χ2v) is 9.20. The van der Waals surface area contributed by atoms with Gasteiger partial charge in [-0.3, -0.25) is 0 Å².